The quantitative estimate of drug-likeness (QED) is 0.142. The molecule has 0 atom stereocenters. The van der Waals surface area contributed by atoms with Gasteiger partial charge in [0.05, 0.1) is 11.2 Å². The number of hydrogen-bond donors (Lipinski definition) is 1. The van der Waals surface area contributed by atoms with Gasteiger partial charge < -0.3 is 4.57 Å². The Morgan fingerprint density at radius 3 is 2.20 bits per heavy atom. The molecule has 8 heteroatoms. The molecule has 1 amide bonds. The van der Waals surface area contributed by atoms with Crippen molar-refractivity contribution in [3.8, 4) is 0 Å². The van der Waals surface area contributed by atoms with Crippen molar-refractivity contribution in [3.05, 3.63) is 77.3 Å². The number of amides is 1. The number of halogens is 4. The number of aryl methyl sites for hydroxylation is 1. The predicted octanol–water partition coefficient (Wildman–Crippen LogP) is 6.85. The first kappa shape index (κ1) is 21.9. The van der Waals surface area contributed by atoms with Crippen molar-refractivity contribution in [2.75, 3.05) is 0 Å². The molecule has 0 radical (unpaired) electrons. The molecule has 4 aromatic rings. The molecule has 30 heavy (non-hydrogen) atoms. The smallest absolute Gasteiger partial charge is 0.241 e. The molecule has 0 saturated carbocycles. The Morgan fingerprint density at radius 1 is 0.967 bits per heavy atom. The Kier molecular flexibility index (Phi) is 6.86. The van der Waals surface area contributed by atoms with Crippen LogP contribution in [-0.2, 0) is 11.3 Å². The Hall–Kier alpha value is -1.36. The maximum Gasteiger partial charge on any atom is 0.241 e. The largest absolute Gasteiger partial charge is 0.340 e. The van der Waals surface area contributed by atoms with Crippen LogP contribution in [0.15, 0.2) is 59.7 Å². The molecule has 1 N–H and O–H groups in total. The summed E-state index contributed by atoms with van der Waals surface area (Å²) in [6.07, 6.45) is 1.82. The number of nitrogens with one attached hydrogen (secondary N) is 1. The minimum absolute atomic E-state index is 0.164. The lowest BCUT2D eigenvalue weighted by Gasteiger charge is -2.07. The summed E-state index contributed by atoms with van der Waals surface area (Å²) in [6, 6.07) is 17.9. The van der Waals surface area contributed by atoms with Crippen LogP contribution in [0.1, 0.15) is 12.0 Å². The van der Waals surface area contributed by atoms with Crippen molar-refractivity contribution in [1.29, 1.82) is 0 Å². The number of benzene rings is 3. The fourth-order valence-electron chi connectivity index (χ4n) is 3.34. The summed E-state index contributed by atoms with van der Waals surface area (Å²) in [5.74, 6) is -0.164. The number of nitrogens with zero attached hydrogens (tertiary/aromatic N) is 2. The van der Waals surface area contributed by atoms with Gasteiger partial charge >= 0.3 is 0 Å². The summed E-state index contributed by atoms with van der Waals surface area (Å²) in [4.78, 5) is 12.4. The van der Waals surface area contributed by atoms with Crippen LogP contribution in [-0.4, -0.2) is 16.7 Å². The molecule has 0 aliphatic heterocycles. The van der Waals surface area contributed by atoms with Crippen LogP contribution < -0.4 is 5.43 Å². The lowest BCUT2D eigenvalue weighted by Crippen LogP contribution is -2.19. The molecule has 1 heterocycles. The fourth-order valence-corrected chi connectivity index (χ4v) is 4.78. The second-order valence-electron chi connectivity index (χ2n) is 6.68. The van der Waals surface area contributed by atoms with E-state index in [1.807, 2.05) is 0 Å². The molecule has 0 aliphatic rings. The maximum atomic E-state index is 12.4. The number of aromatic nitrogens is 1. The topological polar surface area (TPSA) is 46.4 Å². The highest BCUT2D eigenvalue weighted by atomic mass is 127. The monoisotopic (exact) mass is 661 g/mol. The summed E-state index contributed by atoms with van der Waals surface area (Å²) < 4.78 is 4.56. The molecule has 1 aromatic heterocycles. The van der Waals surface area contributed by atoms with Crippen molar-refractivity contribution < 1.29 is 4.79 Å². The zero-order valence-electron chi connectivity index (χ0n) is 15.5. The van der Waals surface area contributed by atoms with Crippen LogP contribution in [0.4, 0.5) is 0 Å². The molecule has 0 fully saturated rings. The van der Waals surface area contributed by atoms with E-state index in [1.54, 1.807) is 18.2 Å². The number of fused-ring (bicyclic) bond motifs is 3. The van der Waals surface area contributed by atoms with Crippen molar-refractivity contribution in [1.82, 2.24) is 9.99 Å². The lowest BCUT2D eigenvalue weighted by molar-refractivity contribution is -0.121. The number of carbonyl (C=O) groups is 1. The van der Waals surface area contributed by atoms with Gasteiger partial charge in [-0.1, -0.05) is 29.3 Å². The van der Waals surface area contributed by atoms with Crippen molar-refractivity contribution in [3.63, 3.8) is 0 Å². The van der Waals surface area contributed by atoms with E-state index in [-0.39, 0.29) is 5.91 Å². The molecular formula is C22H15Cl2I2N3O. The first-order chi connectivity index (χ1) is 14.4. The summed E-state index contributed by atoms with van der Waals surface area (Å²) in [5.41, 5.74) is 5.50. The first-order valence-corrected chi connectivity index (χ1v) is 12.0. The Morgan fingerprint density at radius 2 is 1.60 bits per heavy atom. The van der Waals surface area contributed by atoms with Crippen molar-refractivity contribution >= 4 is 102 Å². The van der Waals surface area contributed by atoms with Crippen LogP contribution >= 0.6 is 68.4 Å². The molecule has 152 valence electrons. The standard InChI is InChI=1S/C22H15Cl2I2N3O/c23-14-2-1-13(19(24)9-14)12-27-28-22(30)7-8-29-20-5-3-15(25)10-17(20)18-11-16(26)4-6-21(18)29/h1-6,9-12H,7-8H2,(H,28,30). The summed E-state index contributed by atoms with van der Waals surface area (Å²) >= 11 is 16.7. The Labute approximate surface area is 210 Å². The van der Waals surface area contributed by atoms with Crippen LogP contribution in [0.2, 0.25) is 10.0 Å². The second-order valence-corrected chi connectivity index (χ2v) is 10.0. The van der Waals surface area contributed by atoms with E-state index in [0.717, 1.165) is 11.0 Å². The van der Waals surface area contributed by atoms with E-state index in [0.29, 0.717) is 28.6 Å². The third kappa shape index (κ3) is 4.76. The predicted molar refractivity (Wildman–Crippen MR) is 142 cm³/mol. The first-order valence-electron chi connectivity index (χ1n) is 9.06. The second kappa shape index (κ2) is 9.42. The van der Waals surface area contributed by atoms with E-state index in [9.17, 15) is 4.79 Å². The highest BCUT2D eigenvalue weighted by Gasteiger charge is 2.12. The maximum absolute atomic E-state index is 12.4. The van der Waals surface area contributed by atoms with E-state index in [4.69, 9.17) is 23.2 Å². The van der Waals surface area contributed by atoms with E-state index in [1.165, 1.54) is 24.1 Å². The molecule has 0 saturated heterocycles. The molecule has 0 unspecified atom stereocenters. The Balaban J connectivity index is 1.51. The van der Waals surface area contributed by atoms with E-state index < -0.39 is 0 Å². The van der Waals surface area contributed by atoms with Crippen LogP contribution in [0.5, 0.6) is 0 Å². The average Bonchev–Trinajstić information content (AvgIpc) is 3.00. The number of hydrogen-bond acceptors (Lipinski definition) is 2. The normalized spacial score (nSPS) is 11.6. The molecule has 0 bridgehead atoms. The van der Waals surface area contributed by atoms with E-state index >= 15 is 0 Å². The van der Waals surface area contributed by atoms with Crippen molar-refractivity contribution in [2.45, 2.75) is 13.0 Å². The lowest BCUT2D eigenvalue weighted by atomic mass is 10.2. The number of carbonyl (C=O) groups excluding carboxylic acids is 1. The van der Waals surface area contributed by atoms with Crippen molar-refractivity contribution in [2.24, 2.45) is 5.10 Å². The minimum Gasteiger partial charge on any atom is -0.340 e. The summed E-state index contributed by atoms with van der Waals surface area (Å²) in [5, 5.41) is 7.45. The van der Waals surface area contributed by atoms with Gasteiger partial charge in [0.15, 0.2) is 0 Å². The molecule has 4 nitrogen and oxygen atoms in total. The van der Waals surface area contributed by atoms with Gasteiger partial charge in [-0.05, 0) is 93.7 Å². The van der Waals surface area contributed by atoms with Gasteiger partial charge in [-0.3, -0.25) is 4.79 Å². The van der Waals surface area contributed by atoms with Crippen LogP contribution in [0, 0.1) is 7.14 Å². The van der Waals surface area contributed by atoms with Gasteiger partial charge in [-0.15, -0.1) is 0 Å². The number of hydrazone groups is 1. The summed E-state index contributed by atoms with van der Waals surface area (Å²) in [6.45, 7) is 0.560. The molecule has 0 spiro atoms. The minimum atomic E-state index is -0.164. The highest BCUT2D eigenvalue weighted by Crippen LogP contribution is 2.31. The average molecular weight is 662 g/mol. The molecule has 4 rings (SSSR count). The van der Waals surface area contributed by atoms with Crippen LogP contribution in [0.3, 0.4) is 0 Å². The zero-order valence-corrected chi connectivity index (χ0v) is 21.3. The molecule has 3 aromatic carbocycles. The molecular weight excluding hydrogens is 647 g/mol. The number of rotatable bonds is 5. The van der Waals surface area contributed by atoms with Gasteiger partial charge in [0.2, 0.25) is 5.91 Å². The molecule has 0 aliphatic carbocycles. The van der Waals surface area contributed by atoms with Gasteiger partial charge in [0, 0.05) is 52.5 Å². The third-order valence-electron chi connectivity index (χ3n) is 4.71. The van der Waals surface area contributed by atoms with Gasteiger partial charge in [-0.25, -0.2) is 5.43 Å². The highest BCUT2D eigenvalue weighted by molar-refractivity contribution is 14.1. The Bertz CT molecular complexity index is 1240. The van der Waals surface area contributed by atoms with Crippen LogP contribution in [0.25, 0.3) is 21.8 Å². The SMILES string of the molecule is O=C(CCn1c2ccc(I)cc2c2cc(I)ccc21)NN=Cc1ccc(Cl)cc1Cl. The third-order valence-corrected chi connectivity index (χ3v) is 6.61. The van der Waals surface area contributed by atoms with E-state index in [2.05, 4.69) is 96.7 Å². The van der Waals surface area contributed by atoms with Gasteiger partial charge in [0.25, 0.3) is 0 Å². The van der Waals surface area contributed by atoms with Gasteiger partial charge in [0.1, 0.15) is 0 Å². The fraction of sp³-hybridized carbons (Fsp3) is 0.0909. The summed E-state index contributed by atoms with van der Waals surface area (Å²) in [7, 11) is 0. The van der Waals surface area contributed by atoms with Gasteiger partial charge in [-0.2, -0.15) is 5.10 Å². The zero-order chi connectivity index (χ0) is 21.3.